The molecule has 1 aromatic rings. The van der Waals surface area contributed by atoms with E-state index in [2.05, 4.69) is 33.9 Å². The van der Waals surface area contributed by atoms with E-state index in [1.807, 2.05) is 40.0 Å². The number of nitrogens with zero attached hydrogens (tertiary/aromatic N) is 2. The van der Waals surface area contributed by atoms with Crippen LogP contribution in [0.1, 0.15) is 85.5 Å². The molecule has 0 saturated heterocycles. The molecule has 1 amide bonds. The first-order chi connectivity index (χ1) is 14.8. The maximum Gasteiger partial charge on any atom is 0.410 e. The maximum absolute atomic E-state index is 12.7. The summed E-state index contributed by atoms with van der Waals surface area (Å²) in [5.41, 5.74) is 0.245. The summed E-state index contributed by atoms with van der Waals surface area (Å²) in [7, 11) is -0.173. The predicted octanol–water partition coefficient (Wildman–Crippen LogP) is 6.55. The van der Waals surface area contributed by atoms with Crippen molar-refractivity contribution in [2.75, 3.05) is 7.05 Å². The quantitative estimate of drug-likeness (QED) is 0.282. The van der Waals surface area contributed by atoms with E-state index < -0.39 is 26.1 Å². The lowest BCUT2D eigenvalue weighted by molar-refractivity contribution is -0.147. The summed E-state index contributed by atoms with van der Waals surface area (Å²) >= 11 is 1.45. The second kappa shape index (κ2) is 11.3. The van der Waals surface area contributed by atoms with Gasteiger partial charge in [-0.2, -0.15) is 0 Å². The first kappa shape index (κ1) is 29.6. The summed E-state index contributed by atoms with van der Waals surface area (Å²) < 4.78 is 17.5. The molecule has 0 fully saturated rings. The SMILES string of the molecule is CC(=O)O[C@H](C[C@H](C(C)C)N(C)C(=O)OC(C)(C)C)c1nc(CO[Si](C)(C)C(C)(C)C)cs1. The topological polar surface area (TPSA) is 78.0 Å². The van der Waals surface area contributed by atoms with Gasteiger partial charge in [-0.25, -0.2) is 9.78 Å². The number of aromatic nitrogens is 1. The minimum absolute atomic E-state index is 0.114. The van der Waals surface area contributed by atoms with Crippen LogP contribution < -0.4 is 0 Å². The van der Waals surface area contributed by atoms with E-state index in [-0.39, 0.29) is 23.0 Å². The number of amides is 1. The third-order valence-corrected chi connectivity index (χ3v) is 11.4. The van der Waals surface area contributed by atoms with Crippen molar-refractivity contribution in [3.8, 4) is 0 Å². The van der Waals surface area contributed by atoms with Crippen molar-refractivity contribution in [2.45, 2.75) is 111 Å². The van der Waals surface area contributed by atoms with Crippen molar-refractivity contribution in [1.29, 1.82) is 0 Å². The standard InChI is InChI=1S/C24H44N2O5SSi/c1-16(2)19(26(10)22(28)31-23(4,5)6)13-20(30-17(3)27)21-25-18(15-32-21)14-29-33(11,12)24(7,8)9/h15-16,19-20H,13-14H2,1-12H3/t19-,20-/m1/s1. The molecule has 1 aromatic heterocycles. The van der Waals surface area contributed by atoms with Crippen molar-refractivity contribution < 1.29 is 23.5 Å². The van der Waals surface area contributed by atoms with Crippen LogP contribution in [0.15, 0.2) is 5.38 Å². The van der Waals surface area contributed by atoms with Crippen LogP contribution in [0.3, 0.4) is 0 Å². The van der Waals surface area contributed by atoms with Gasteiger partial charge in [-0.3, -0.25) is 4.79 Å². The summed E-state index contributed by atoms with van der Waals surface area (Å²) in [6, 6.07) is -0.194. The lowest BCUT2D eigenvalue weighted by Crippen LogP contribution is -2.44. The van der Waals surface area contributed by atoms with Crippen LogP contribution in [0.2, 0.25) is 18.1 Å². The molecule has 0 aliphatic heterocycles. The van der Waals surface area contributed by atoms with E-state index in [0.29, 0.717) is 18.0 Å². The molecule has 33 heavy (non-hydrogen) atoms. The van der Waals surface area contributed by atoms with Gasteiger partial charge >= 0.3 is 12.1 Å². The smallest absolute Gasteiger partial charge is 0.410 e. The molecule has 190 valence electrons. The Hall–Kier alpha value is -1.45. The first-order valence-electron chi connectivity index (χ1n) is 11.6. The fraction of sp³-hybridized carbons (Fsp3) is 0.792. The van der Waals surface area contributed by atoms with Gasteiger partial charge in [0.15, 0.2) is 14.4 Å². The van der Waals surface area contributed by atoms with Crippen molar-refractivity contribution in [1.82, 2.24) is 9.88 Å². The van der Waals surface area contributed by atoms with Crippen molar-refractivity contribution in [2.24, 2.45) is 5.92 Å². The Balaban J connectivity index is 3.05. The Labute approximate surface area is 205 Å². The molecule has 1 rings (SSSR count). The van der Waals surface area contributed by atoms with E-state index in [9.17, 15) is 9.59 Å². The van der Waals surface area contributed by atoms with Gasteiger partial charge < -0.3 is 18.8 Å². The highest BCUT2D eigenvalue weighted by atomic mass is 32.1. The molecule has 0 unspecified atom stereocenters. The molecule has 0 radical (unpaired) electrons. The Morgan fingerprint density at radius 3 is 2.18 bits per heavy atom. The summed E-state index contributed by atoms with van der Waals surface area (Å²) in [5, 5.41) is 2.78. The molecule has 9 heteroatoms. The summed E-state index contributed by atoms with van der Waals surface area (Å²) in [6.07, 6.45) is -0.514. The van der Waals surface area contributed by atoms with E-state index >= 15 is 0 Å². The third kappa shape index (κ3) is 9.37. The maximum atomic E-state index is 12.7. The summed E-state index contributed by atoms with van der Waals surface area (Å²) in [6.45, 7) is 22.5. The van der Waals surface area contributed by atoms with Crippen LogP contribution in [0, 0.1) is 5.92 Å². The minimum atomic E-state index is -1.90. The largest absolute Gasteiger partial charge is 0.455 e. The molecule has 0 N–H and O–H groups in total. The van der Waals surface area contributed by atoms with Crippen molar-refractivity contribution in [3.05, 3.63) is 16.1 Å². The lowest BCUT2D eigenvalue weighted by atomic mass is 9.96. The molecule has 2 atom stereocenters. The van der Waals surface area contributed by atoms with Crippen LogP contribution in [-0.4, -0.2) is 49.0 Å². The highest BCUT2D eigenvalue weighted by Crippen LogP contribution is 2.37. The molecule has 0 bridgehead atoms. The zero-order valence-electron chi connectivity index (χ0n) is 22.6. The van der Waals surface area contributed by atoms with Crippen molar-refractivity contribution in [3.63, 3.8) is 0 Å². The predicted molar refractivity (Wildman–Crippen MR) is 136 cm³/mol. The Morgan fingerprint density at radius 1 is 1.15 bits per heavy atom. The molecule has 0 aliphatic rings. The summed E-state index contributed by atoms with van der Waals surface area (Å²) in [4.78, 5) is 30.9. The van der Waals surface area contributed by atoms with Gasteiger partial charge in [0.1, 0.15) is 10.6 Å². The van der Waals surface area contributed by atoms with Gasteiger partial charge in [0.05, 0.1) is 12.3 Å². The van der Waals surface area contributed by atoms with Gasteiger partial charge in [-0.05, 0) is 44.8 Å². The molecule has 0 aromatic carbocycles. The average molecular weight is 501 g/mol. The van der Waals surface area contributed by atoms with Crippen LogP contribution in [0.4, 0.5) is 4.79 Å². The molecular weight excluding hydrogens is 456 g/mol. The summed E-state index contributed by atoms with van der Waals surface area (Å²) in [5.74, 6) is -0.251. The zero-order chi connectivity index (χ0) is 25.8. The van der Waals surface area contributed by atoms with E-state index in [4.69, 9.17) is 18.9 Å². The number of thiazole rings is 1. The fourth-order valence-corrected chi connectivity index (χ4v) is 4.76. The molecule has 0 saturated carbocycles. The Bertz CT molecular complexity index is 796. The monoisotopic (exact) mass is 500 g/mol. The fourth-order valence-electron chi connectivity index (χ4n) is 2.97. The van der Waals surface area contributed by atoms with E-state index in [0.717, 1.165) is 5.69 Å². The highest BCUT2D eigenvalue weighted by Gasteiger charge is 2.37. The van der Waals surface area contributed by atoms with Gasteiger partial charge in [0.25, 0.3) is 0 Å². The molecule has 0 aliphatic carbocycles. The van der Waals surface area contributed by atoms with Gasteiger partial charge in [-0.1, -0.05) is 34.6 Å². The van der Waals surface area contributed by atoms with Crippen molar-refractivity contribution >= 4 is 31.7 Å². The van der Waals surface area contributed by atoms with E-state index in [1.165, 1.54) is 18.3 Å². The number of carbonyl (C=O) groups excluding carboxylic acids is 2. The molecule has 1 heterocycles. The van der Waals surface area contributed by atoms with Crippen LogP contribution in [-0.2, 0) is 25.3 Å². The van der Waals surface area contributed by atoms with Crippen LogP contribution in [0.25, 0.3) is 0 Å². The second-order valence-electron chi connectivity index (χ2n) is 11.5. The molecule has 7 nitrogen and oxygen atoms in total. The van der Waals surface area contributed by atoms with Gasteiger partial charge in [0, 0.05) is 31.8 Å². The van der Waals surface area contributed by atoms with E-state index in [1.54, 1.807) is 11.9 Å². The number of ether oxygens (including phenoxy) is 2. The van der Waals surface area contributed by atoms with Gasteiger partial charge in [-0.15, -0.1) is 11.3 Å². The lowest BCUT2D eigenvalue weighted by Gasteiger charge is -2.35. The first-order valence-corrected chi connectivity index (χ1v) is 15.3. The third-order valence-electron chi connectivity index (χ3n) is 5.94. The Morgan fingerprint density at radius 2 is 1.73 bits per heavy atom. The number of rotatable bonds is 9. The zero-order valence-corrected chi connectivity index (χ0v) is 24.4. The highest BCUT2D eigenvalue weighted by molar-refractivity contribution is 7.09. The van der Waals surface area contributed by atoms with Crippen LogP contribution in [0.5, 0.6) is 0 Å². The number of esters is 1. The Kier molecular flexibility index (Phi) is 10.1. The minimum Gasteiger partial charge on any atom is -0.455 e. The molecular formula is C24H44N2O5SSi. The number of hydrogen-bond acceptors (Lipinski definition) is 7. The molecule has 0 spiro atoms. The average Bonchev–Trinajstić information content (AvgIpc) is 3.09. The van der Waals surface area contributed by atoms with Crippen LogP contribution >= 0.6 is 11.3 Å². The van der Waals surface area contributed by atoms with Gasteiger partial charge in [0.2, 0.25) is 0 Å². The number of carbonyl (C=O) groups is 2. The normalized spacial score (nSPS) is 14.7. The second-order valence-corrected chi connectivity index (χ2v) is 17.2. The number of hydrogen-bond donors (Lipinski definition) is 0.